The lowest BCUT2D eigenvalue weighted by Crippen LogP contribution is -2.44. The lowest BCUT2D eigenvalue weighted by atomic mass is 10.1. The molecule has 1 aliphatic heterocycles. The molecular formula is C31H36N2O8S. The first-order valence-electron chi connectivity index (χ1n) is 13.3. The third-order valence-corrected chi connectivity index (χ3v) is 8.25. The van der Waals surface area contributed by atoms with Gasteiger partial charge < -0.3 is 33.5 Å². The Bertz CT molecular complexity index is 1500. The average molecular weight is 597 g/mol. The van der Waals surface area contributed by atoms with Gasteiger partial charge in [-0.25, -0.2) is 13.2 Å². The van der Waals surface area contributed by atoms with Crippen LogP contribution in [0.2, 0.25) is 0 Å². The molecular weight excluding hydrogens is 560 g/mol. The third kappa shape index (κ3) is 7.54. The Labute approximate surface area is 246 Å². The zero-order chi connectivity index (χ0) is 30.3. The number of rotatable bonds is 11. The molecule has 3 aromatic carbocycles. The third-order valence-electron chi connectivity index (χ3n) is 6.97. The molecule has 0 amide bonds. The Morgan fingerprint density at radius 3 is 1.98 bits per heavy atom. The highest BCUT2D eigenvalue weighted by molar-refractivity contribution is 7.93. The minimum Gasteiger partial charge on any atom is -0.496 e. The molecule has 1 heterocycles. The van der Waals surface area contributed by atoms with Gasteiger partial charge >= 0.3 is 5.97 Å². The Morgan fingerprint density at radius 2 is 1.40 bits per heavy atom. The van der Waals surface area contributed by atoms with E-state index in [1.54, 1.807) is 36.4 Å². The van der Waals surface area contributed by atoms with Crippen molar-refractivity contribution in [3.63, 3.8) is 0 Å². The Hall–Kier alpha value is -4.22. The van der Waals surface area contributed by atoms with Crippen LogP contribution in [-0.2, 0) is 15.6 Å². The molecule has 0 aliphatic carbocycles. The monoisotopic (exact) mass is 596 g/mol. The molecule has 0 spiro atoms. The summed E-state index contributed by atoms with van der Waals surface area (Å²) in [6.45, 7) is 3.80. The molecule has 10 nitrogen and oxygen atoms in total. The predicted molar refractivity (Wildman–Crippen MR) is 162 cm³/mol. The van der Waals surface area contributed by atoms with Gasteiger partial charge in [-0.05, 0) is 55.1 Å². The summed E-state index contributed by atoms with van der Waals surface area (Å²) in [6.07, 6.45) is 1.42. The molecule has 0 atom stereocenters. The fourth-order valence-corrected chi connectivity index (χ4v) is 5.66. The number of carbonyl (C=O) groups excluding carboxylic acids is 1. The second-order valence-electron chi connectivity index (χ2n) is 9.77. The Kier molecular flexibility index (Phi) is 9.97. The SMILES string of the molecule is COc1cc(OC)c(/C=C/S(=O)(=O)Cc2ccc(OC)c(OC(=O)c3ccc(N4CCN(C)CC4)cc3)c2)c(OC)c1. The number of piperazine rings is 1. The van der Waals surface area contributed by atoms with Crippen molar-refractivity contribution < 1.29 is 36.9 Å². The maximum absolute atomic E-state index is 13.0. The number of ether oxygens (including phenoxy) is 5. The summed E-state index contributed by atoms with van der Waals surface area (Å²) in [5.41, 5.74) is 2.29. The van der Waals surface area contributed by atoms with Crippen molar-refractivity contribution in [2.75, 3.05) is 66.6 Å². The van der Waals surface area contributed by atoms with E-state index in [0.717, 1.165) is 37.3 Å². The normalized spacial score (nSPS) is 14.1. The number of sulfone groups is 1. The molecule has 224 valence electrons. The summed E-state index contributed by atoms with van der Waals surface area (Å²) in [4.78, 5) is 17.5. The van der Waals surface area contributed by atoms with Crippen LogP contribution < -0.4 is 28.6 Å². The van der Waals surface area contributed by atoms with Crippen LogP contribution in [0.5, 0.6) is 28.7 Å². The van der Waals surface area contributed by atoms with Crippen LogP contribution >= 0.6 is 0 Å². The molecule has 0 radical (unpaired) electrons. The zero-order valence-electron chi connectivity index (χ0n) is 24.5. The highest BCUT2D eigenvalue weighted by atomic mass is 32.2. The number of nitrogens with zero attached hydrogens (tertiary/aromatic N) is 2. The molecule has 4 rings (SSSR count). The molecule has 3 aromatic rings. The summed E-state index contributed by atoms with van der Waals surface area (Å²) in [5, 5.41) is 1.09. The van der Waals surface area contributed by atoms with Crippen molar-refractivity contribution in [1.82, 2.24) is 4.90 Å². The van der Waals surface area contributed by atoms with E-state index in [2.05, 4.69) is 16.8 Å². The highest BCUT2D eigenvalue weighted by Gasteiger charge is 2.19. The molecule has 0 bridgehead atoms. The smallest absolute Gasteiger partial charge is 0.343 e. The summed E-state index contributed by atoms with van der Waals surface area (Å²) < 4.78 is 53.1. The number of esters is 1. The minimum absolute atomic E-state index is 0.126. The van der Waals surface area contributed by atoms with E-state index in [-0.39, 0.29) is 11.5 Å². The van der Waals surface area contributed by atoms with Crippen LogP contribution in [0.15, 0.2) is 60.0 Å². The van der Waals surface area contributed by atoms with Crippen LogP contribution in [0.4, 0.5) is 5.69 Å². The summed E-state index contributed by atoms with van der Waals surface area (Å²) in [5.74, 6) is 0.827. The lowest BCUT2D eigenvalue weighted by molar-refractivity contribution is 0.0729. The van der Waals surface area contributed by atoms with Crippen molar-refractivity contribution in [1.29, 1.82) is 0 Å². The fourth-order valence-electron chi connectivity index (χ4n) is 4.57. The maximum atomic E-state index is 13.0. The number of anilines is 1. The van der Waals surface area contributed by atoms with E-state index in [0.29, 0.717) is 39.7 Å². The van der Waals surface area contributed by atoms with Crippen molar-refractivity contribution in [3.8, 4) is 28.7 Å². The molecule has 1 fully saturated rings. The standard InChI is InChI=1S/C31H36N2O8S/c1-32-13-15-33(16-14-32)24-9-7-23(8-10-24)31(34)41-30-18-22(6-11-27(30)38-3)21-42(35,36)17-12-26-28(39-4)19-25(37-2)20-29(26)40-5/h6-12,17-20H,13-16,21H2,1-5H3/b17-12+. The van der Waals surface area contributed by atoms with E-state index in [4.69, 9.17) is 23.7 Å². The van der Waals surface area contributed by atoms with Gasteiger partial charge in [0.15, 0.2) is 21.3 Å². The van der Waals surface area contributed by atoms with Gasteiger partial charge in [0, 0.05) is 49.4 Å². The molecule has 11 heteroatoms. The molecule has 1 saturated heterocycles. The first-order chi connectivity index (χ1) is 20.2. The van der Waals surface area contributed by atoms with Crippen molar-refractivity contribution >= 4 is 27.6 Å². The van der Waals surface area contributed by atoms with E-state index < -0.39 is 15.8 Å². The first-order valence-corrected chi connectivity index (χ1v) is 15.0. The van der Waals surface area contributed by atoms with Crippen LogP contribution in [0, 0.1) is 0 Å². The number of likely N-dealkylation sites (N-methyl/N-ethyl adjacent to an activating group) is 1. The number of hydrogen-bond donors (Lipinski definition) is 0. The van der Waals surface area contributed by atoms with Crippen LogP contribution in [-0.4, -0.2) is 81.0 Å². The molecule has 0 aromatic heterocycles. The van der Waals surface area contributed by atoms with E-state index in [9.17, 15) is 13.2 Å². The second kappa shape index (κ2) is 13.6. The van der Waals surface area contributed by atoms with Crippen molar-refractivity contribution in [3.05, 3.63) is 76.7 Å². The van der Waals surface area contributed by atoms with Crippen LogP contribution in [0.3, 0.4) is 0 Å². The van der Waals surface area contributed by atoms with Crippen molar-refractivity contribution in [2.45, 2.75) is 5.75 Å². The van der Waals surface area contributed by atoms with Gasteiger partial charge in [0.1, 0.15) is 17.2 Å². The molecule has 0 N–H and O–H groups in total. The van der Waals surface area contributed by atoms with E-state index in [1.807, 2.05) is 12.1 Å². The lowest BCUT2D eigenvalue weighted by Gasteiger charge is -2.34. The van der Waals surface area contributed by atoms with E-state index in [1.165, 1.54) is 40.6 Å². The van der Waals surface area contributed by atoms with Gasteiger partial charge in [-0.3, -0.25) is 0 Å². The van der Waals surface area contributed by atoms with Gasteiger partial charge in [-0.1, -0.05) is 6.07 Å². The zero-order valence-corrected chi connectivity index (χ0v) is 25.3. The van der Waals surface area contributed by atoms with Crippen LogP contribution in [0.25, 0.3) is 6.08 Å². The van der Waals surface area contributed by atoms with Crippen LogP contribution in [0.1, 0.15) is 21.5 Å². The molecule has 0 saturated carbocycles. The molecule has 1 aliphatic rings. The number of hydrogen-bond acceptors (Lipinski definition) is 10. The number of carbonyl (C=O) groups is 1. The summed E-state index contributed by atoms with van der Waals surface area (Å²) in [6, 6.07) is 15.2. The van der Waals surface area contributed by atoms with Gasteiger partial charge in [0.2, 0.25) is 0 Å². The highest BCUT2D eigenvalue weighted by Crippen LogP contribution is 2.35. The molecule has 42 heavy (non-hydrogen) atoms. The van der Waals surface area contributed by atoms with Gasteiger partial charge in [0.05, 0.1) is 45.3 Å². The number of benzene rings is 3. The maximum Gasteiger partial charge on any atom is 0.343 e. The Balaban J connectivity index is 1.49. The number of methoxy groups -OCH3 is 4. The largest absolute Gasteiger partial charge is 0.496 e. The quantitative estimate of drug-likeness (QED) is 0.235. The minimum atomic E-state index is -3.75. The second-order valence-corrected chi connectivity index (χ2v) is 11.7. The van der Waals surface area contributed by atoms with E-state index >= 15 is 0 Å². The fraction of sp³-hybridized carbons (Fsp3) is 0.323. The van der Waals surface area contributed by atoms with Gasteiger partial charge in [-0.2, -0.15) is 0 Å². The predicted octanol–water partition coefficient (Wildman–Crippen LogP) is 4.28. The molecule has 0 unspecified atom stereocenters. The summed E-state index contributed by atoms with van der Waals surface area (Å²) in [7, 11) is 4.27. The van der Waals surface area contributed by atoms with Gasteiger partial charge in [-0.15, -0.1) is 0 Å². The average Bonchev–Trinajstić information content (AvgIpc) is 3.00. The first kappa shape index (κ1) is 30.7. The summed E-state index contributed by atoms with van der Waals surface area (Å²) >= 11 is 0. The Morgan fingerprint density at radius 1 is 0.786 bits per heavy atom. The van der Waals surface area contributed by atoms with Gasteiger partial charge in [0.25, 0.3) is 0 Å². The topological polar surface area (TPSA) is 104 Å². The van der Waals surface area contributed by atoms with Crippen molar-refractivity contribution in [2.24, 2.45) is 0 Å².